The molecule has 1 atom stereocenters. The molecule has 1 rings (SSSR count). The molecule has 0 radical (unpaired) electrons. The maximum absolute atomic E-state index is 12.8. The SMILES string of the molecule is CCN(C(=O)CCCCC(=O)O)C(C)c1cccc(C(F)(F)F)c1. The van der Waals surface area contributed by atoms with Crippen LogP contribution in [0.1, 0.15) is 56.7 Å². The Bertz CT molecular complexity index is 572. The number of hydrogen-bond acceptors (Lipinski definition) is 2. The van der Waals surface area contributed by atoms with Gasteiger partial charge in [-0.2, -0.15) is 13.2 Å². The number of carbonyl (C=O) groups is 2. The van der Waals surface area contributed by atoms with Gasteiger partial charge in [-0.15, -0.1) is 0 Å². The molecular formula is C17H22F3NO3. The normalized spacial score (nSPS) is 12.7. The highest BCUT2D eigenvalue weighted by Gasteiger charge is 2.31. The van der Waals surface area contributed by atoms with Gasteiger partial charge in [-0.1, -0.05) is 12.1 Å². The number of aliphatic carboxylic acids is 1. The molecule has 0 saturated heterocycles. The van der Waals surface area contributed by atoms with E-state index in [1.165, 1.54) is 11.0 Å². The van der Waals surface area contributed by atoms with Crippen LogP contribution in [0.25, 0.3) is 0 Å². The number of rotatable bonds is 8. The van der Waals surface area contributed by atoms with E-state index in [2.05, 4.69) is 0 Å². The minimum Gasteiger partial charge on any atom is -0.481 e. The Morgan fingerprint density at radius 1 is 1.21 bits per heavy atom. The molecule has 1 aromatic carbocycles. The van der Waals surface area contributed by atoms with Gasteiger partial charge in [0.2, 0.25) is 5.91 Å². The molecule has 24 heavy (non-hydrogen) atoms. The molecule has 0 saturated carbocycles. The number of carboxylic acid groups (broad SMARTS) is 1. The predicted octanol–water partition coefficient (Wildman–Crippen LogP) is 4.26. The summed E-state index contributed by atoms with van der Waals surface area (Å²) in [5.74, 6) is -1.10. The van der Waals surface area contributed by atoms with Crippen LogP contribution in [0.15, 0.2) is 24.3 Å². The van der Waals surface area contributed by atoms with E-state index in [-0.39, 0.29) is 18.7 Å². The van der Waals surface area contributed by atoms with Crippen molar-refractivity contribution < 1.29 is 27.9 Å². The number of nitrogens with zero attached hydrogens (tertiary/aromatic N) is 1. The fourth-order valence-corrected chi connectivity index (χ4v) is 2.52. The van der Waals surface area contributed by atoms with Gasteiger partial charge in [0.1, 0.15) is 0 Å². The van der Waals surface area contributed by atoms with E-state index in [0.717, 1.165) is 12.1 Å². The number of benzene rings is 1. The molecule has 0 aromatic heterocycles. The molecule has 0 spiro atoms. The zero-order valence-electron chi connectivity index (χ0n) is 13.8. The summed E-state index contributed by atoms with van der Waals surface area (Å²) in [5.41, 5.74) is -0.317. The molecule has 0 fully saturated rings. The molecule has 1 amide bonds. The molecule has 4 nitrogen and oxygen atoms in total. The summed E-state index contributed by atoms with van der Waals surface area (Å²) in [5, 5.41) is 8.58. The number of carboxylic acids is 1. The smallest absolute Gasteiger partial charge is 0.416 e. The number of carbonyl (C=O) groups excluding carboxylic acids is 1. The third kappa shape index (κ3) is 5.86. The highest BCUT2D eigenvalue weighted by molar-refractivity contribution is 5.76. The van der Waals surface area contributed by atoms with Gasteiger partial charge in [0.05, 0.1) is 11.6 Å². The maximum atomic E-state index is 12.8. The van der Waals surface area contributed by atoms with Gasteiger partial charge in [-0.05, 0) is 44.4 Å². The van der Waals surface area contributed by atoms with Crippen molar-refractivity contribution >= 4 is 11.9 Å². The van der Waals surface area contributed by atoms with Crippen LogP contribution in [-0.4, -0.2) is 28.4 Å². The van der Waals surface area contributed by atoms with Crippen LogP contribution in [0.4, 0.5) is 13.2 Å². The zero-order chi connectivity index (χ0) is 18.3. The van der Waals surface area contributed by atoms with Gasteiger partial charge in [-0.25, -0.2) is 0 Å². The lowest BCUT2D eigenvalue weighted by atomic mass is 10.0. The average Bonchev–Trinajstić information content (AvgIpc) is 2.51. The van der Waals surface area contributed by atoms with Gasteiger partial charge in [-0.3, -0.25) is 9.59 Å². The first-order chi connectivity index (χ1) is 11.2. The van der Waals surface area contributed by atoms with E-state index < -0.39 is 23.8 Å². The molecule has 0 aliphatic rings. The maximum Gasteiger partial charge on any atom is 0.416 e. The molecular weight excluding hydrogens is 323 g/mol. The van der Waals surface area contributed by atoms with E-state index in [4.69, 9.17) is 5.11 Å². The summed E-state index contributed by atoms with van der Waals surface area (Å²) in [6, 6.07) is 4.48. The lowest BCUT2D eigenvalue weighted by molar-refractivity contribution is -0.138. The van der Waals surface area contributed by atoms with Crippen molar-refractivity contribution in [3.63, 3.8) is 0 Å². The first-order valence-electron chi connectivity index (χ1n) is 7.85. The first-order valence-corrected chi connectivity index (χ1v) is 7.85. The van der Waals surface area contributed by atoms with E-state index in [1.54, 1.807) is 19.9 Å². The molecule has 1 aromatic rings. The molecule has 0 bridgehead atoms. The van der Waals surface area contributed by atoms with Crippen molar-refractivity contribution in [2.75, 3.05) is 6.54 Å². The Labute approximate surface area is 139 Å². The Hall–Kier alpha value is -2.05. The fraction of sp³-hybridized carbons (Fsp3) is 0.529. The largest absolute Gasteiger partial charge is 0.481 e. The number of halogens is 3. The Morgan fingerprint density at radius 3 is 2.38 bits per heavy atom. The fourth-order valence-electron chi connectivity index (χ4n) is 2.52. The second-order valence-corrected chi connectivity index (χ2v) is 5.58. The highest BCUT2D eigenvalue weighted by atomic mass is 19.4. The molecule has 1 N–H and O–H groups in total. The van der Waals surface area contributed by atoms with E-state index in [0.29, 0.717) is 24.9 Å². The van der Waals surface area contributed by atoms with Crippen molar-refractivity contribution in [1.29, 1.82) is 0 Å². The van der Waals surface area contributed by atoms with Crippen LogP contribution >= 0.6 is 0 Å². The van der Waals surface area contributed by atoms with Crippen LogP contribution < -0.4 is 0 Å². The Morgan fingerprint density at radius 2 is 1.83 bits per heavy atom. The first kappa shape index (κ1) is 20.0. The van der Waals surface area contributed by atoms with Gasteiger partial charge >= 0.3 is 12.1 Å². The number of amides is 1. The van der Waals surface area contributed by atoms with Crippen LogP contribution in [0, 0.1) is 0 Å². The minimum absolute atomic E-state index is 0.00257. The monoisotopic (exact) mass is 345 g/mol. The number of unbranched alkanes of at least 4 members (excludes halogenated alkanes) is 1. The van der Waals surface area contributed by atoms with Crippen molar-refractivity contribution in [2.45, 2.75) is 51.7 Å². The zero-order valence-corrected chi connectivity index (χ0v) is 13.8. The third-order valence-electron chi connectivity index (χ3n) is 3.86. The standard InChI is InChI=1S/C17H22F3NO3/c1-3-21(15(22)9-4-5-10-16(23)24)12(2)13-7-6-8-14(11-13)17(18,19)20/h6-8,11-12H,3-5,9-10H2,1-2H3,(H,23,24). The van der Waals surface area contributed by atoms with Crippen molar-refractivity contribution in [1.82, 2.24) is 4.90 Å². The summed E-state index contributed by atoms with van der Waals surface area (Å²) in [6.07, 6.45) is -3.39. The Kier molecular flexibility index (Phi) is 7.25. The van der Waals surface area contributed by atoms with Crippen molar-refractivity contribution in [3.05, 3.63) is 35.4 Å². The topological polar surface area (TPSA) is 57.6 Å². The van der Waals surface area contributed by atoms with Gasteiger partial charge in [0, 0.05) is 19.4 Å². The molecule has 0 aliphatic heterocycles. The summed E-state index contributed by atoms with van der Waals surface area (Å²) in [7, 11) is 0. The predicted molar refractivity (Wildman–Crippen MR) is 83.3 cm³/mol. The highest BCUT2D eigenvalue weighted by Crippen LogP contribution is 2.32. The lowest BCUT2D eigenvalue weighted by Crippen LogP contribution is -2.33. The number of alkyl halides is 3. The van der Waals surface area contributed by atoms with Crippen LogP contribution in [0.5, 0.6) is 0 Å². The van der Waals surface area contributed by atoms with Crippen molar-refractivity contribution in [3.8, 4) is 0 Å². The van der Waals surface area contributed by atoms with E-state index >= 15 is 0 Å². The molecule has 0 aliphatic carbocycles. The second kappa shape index (κ2) is 8.70. The van der Waals surface area contributed by atoms with E-state index in [1.807, 2.05) is 0 Å². The summed E-state index contributed by atoms with van der Waals surface area (Å²) < 4.78 is 38.4. The molecule has 134 valence electrons. The lowest BCUT2D eigenvalue weighted by Gasteiger charge is -2.29. The van der Waals surface area contributed by atoms with Gasteiger partial charge < -0.3 is 10.0 Å². The summed E-state index contributed by atoms with van der Waals surface area (Å²) in [6.45, 7) is 3.82. The number of hydrogen-bond donors (Lipinski definition) is 1. The van der Waals surface area contributed by atoms with Crippen LogP contribution in [0.2, 0.25) is 0 Å². The van der Waals surface area contributed by atoms with Gasteiger partial charge in [0.25, 0.3) is 0 Å². The molecule has 1 unspecified atom stereocenters. The molecule has 7 heteroatoms. The Balaban J connectivity index is 2.77. The minimum atomic E-state index is -4.42. The van der Waals surface area contributed by atoms with E-state index in [9.17, 15) is 22.8 Å². The molecule has 0 heterocycles. The van der Waals surface area contributed by atoms with Gasteiger partial charge in [0.15, 0.2) is 0 Å². The summed E-state index contributed by atoms with van der Waals surface area (Å²) >= 11 is 0. The van der Waals surface area contributed by atoms with Crippen LogP contribution in [0.3, 0.4) is 0 Å². The summed E-state index contributed by atoms with van der Waals surface area (Å²) in [4.78, 5) is 24.2. The van der Waals surface area contributed by atoms with Crippen LogP contribution in [-0.2, 0) is 15.8 Å². The quantitative estimate of drug-likeness (QED) is 0.716. The van der Waals surface area contributed by atoms with Crippen molar-refractivity contribution in [2.24, 2.45) is 0 Å². The second-order valence-electron chi connectivity index (χ2n) is 5.58. The average molecular weight is 345 g/mol. The third-order valence-corrected chi connectivity index (χ3v) is 3.86.